The molecule has 0 saturated heterocycles. The summed E-state index contributed by atoms with van der Waals surface area (Å²) in [6, 6.07) is 40.8. The Morgan fingerprint density at radius 1 is 0.490 bits per heavy atom. The van der Waals surface area contributed by atoms with E-state index in [1.54, 1.807) is 12.4 Å². The Morgan fingerprint density at radius 2 is 0.961 bits per heavy atom. The number of hydrogen-bond donors (Lipinski definition) is 0. The third-order valence-corrected chi connectivity index (χ3v) is 9.64. The van der Waals surface area contributed by atoms with E-state index in [0.717, 1.165) is 55.6 Å². The predicted molar refractivity (Wildman–Crippen MR) is 198 cm³/mol. The van der Waals surface area contributed by atoms with Crippen molar-refractivity contribution < 1.29 is 9.47 Å². The van der Waals surface area contributed by atoms with Crippen molar-refractivity contribution in [1.82, 2.24) is 34.9 Å². The van der Waals surface area contributed by atoms with E-state index in [9.17, 15) is 0 Å². The SMILES string of the molecule is CC(C)(c1cccc(Oc2ccccn2)c1)c1ccc2c3ccc(C(C)(C)c4cccc(Oc5ccccn5)c4)cc3n(-c3nncnn3)c2c1. The first-order valence-electron chi connectivity index (χ1n) is 16.8. The quantitative estimate of drug-likeness (QED) is 0.150. The Kier molecular flexibility index (Phi) is 7.95. The van der Waals surface area contributed by atoms with Gasteiger partial charge in [0, 0.05) is 46.1 Å². The van der Waals surface area contributed by atoms with Gasteiger partial charge in [-0.25, -0.2) is 9.97 Å². The third-order valence-electron chi connectivity index (χ3n) is 9.64. The van der Waals surface area contributed by atoms with Crippen LogP contribution in [0, 0.1) is 0 Å². The number of ether oxygens (including phenoxy) is 2. The normalized spacial score (nSPS) is 11.9. The molecule has 8 aromatic rings. The van der Waals surface area contributed by atoms with Crippen LogP contribution in [0.3, 0.4) is 0 Å². The predicted octanol–water partition coefficient (Wildman–Crippen LogP) is 9.39. The monoisotopic (exact) mass is 669 g/mol. The molecule has 4 aromatic heterocycles. The van der Waals surface area contributed by atoms with Crippen LogP contribution < -0.4 is 9.47 Å². The summed E-state index contributed by atoms with van der Waals surface area (Å²) in [5.41, 5.74) is 5.64. The van der Waals surface area contributed by atoms with Crippen molar-refractivity contribution in [3.63, 3.8) is 0 Å². The zero-order chi connectivity index (χ0) is 35.0. The van der Waals surface area contributed by atoms with Crippen LogP contribution in [0.1, 0.15) is 49.9 Å². The molecule has 0 aliphatic rings. The van der Waals surface area contributed by atoms with Gasteiger partial charge in [-0.2, -0.15) is 0 Å². The average Bonchev–Trinajstić information content (AvgIpc) is 3.49. The molecule has 51 heavy (non-hydrogen) atoms. The molecule has 0 atom stereocenters. The summed E-state index contributed by atoms with van der Waals surface area (Å²) in [5, 5.41) is 19.2. The third kappa shape index (κ3) is 6.03. The van der Waals surface area contributed by atoms with Crippen LogP contribution in [-0.4, -0.2) is 34.9 Å². The molecule has 9 nitrogen and oxygen atoms in total. The van der Waals surface area contributed by atoms with Gasteiger partial charge in [-0.05, 0) is 70.8 Å². The van der Waals surface area contributed by atoms with Crippen molar-refractivity contribution in [2.75, 3.05) is 0 Å². The Labute approximate surface area is 295 Å². The van der Waals surface area contributed by atoms with E-state index in [2.05, 4.69) is 123 Å². The lowest BCUT2D eigenvalue weighted by Crippen LogP contribution is -2.19. The first kappa shape index (κ1) is 31.8. The standard InChI is InChI=1S/C42H35N7O2/c1-41(2,28-11-9-13-32(23-28)50-38-15-5-7-21-43-38)30-17-19-34-35-20-18-31(26-37(35)49(36(34)25-30)40-47-45-27-46-48-40)42(3,4)29-12-10-14-33(24-29)51-39-16-6-8-22-44-39/h5-27H,1-4H3. The Hall–Kier alpha value is -6.48. The van der Waals surface area contributed by atoms with Crippen LogP contribution in [0.4, 0.5) is 0 Å². The first-order valence-corrected chi connectivity index (χ1v) is 16.8. The van der Waals surface area contributed by atoms with E-state index >= 15 is 0 Å². The number of nitrogens with zero attached hydrogens (tertiary/aromatic N) is 7. The molecule has 0 radical (unpaired) electrons. The lowest BCUT2D eigenvalue weighted by Gasteiger charge is -2.27. The maximum Gasteiger partial charge on any atom is 0.273 e. The van der Waals surface area contributed by atoms with Gasteiger partial charge in [0.25, 0.3) is 5.95 Å². The van der Waals surface area contributed by atoms with Crippen LogP contribution >= 0.6 is 0 Å². The second kappa shape index (κ2) is 12.8. The van der Waals surface area contributed by atoms with Gasteiger partial charge in [0.2, 0.25) is 11.8 Å². The summed E-state index contributed by atoms with van der Waals surface area (Å²) < 4.78 is 14.2. The Morgan fingerprint density at radius 3 is 1.41 bits per heavy atom. The Balaban J connectivity index is 1.22. The van der Waals surface area contributed by atoms with Gasteiger partial charge in [-0.1, -0.05) is 88.4 Å². The van der Waals surface area contributed by atoms with Gasteiger partial charge in [0.1, 0.15) is 11.5 Å². The van der Waals surface area contributed by atoms with Crippen molar-refractivity contribution >= 4 is 21.8 Å². The van der Waals surface area contributed by atoms with E-state index in [-0.39, 0.29) is 10.8 Å². The van der Waals surface area contributed by atoms with Gasteiger partial charge in [0.05, 0.1) is 11.0 Å². The fourth-order valence-corrected chi connectivity index (χ4v) is 6.59. The highest BCUT2D eigenvalue weighted by Crippen LogP contribution is 2.41. The smallest absolute Gasteiger partial charge is 0.273 e. The van der Waals surface area contributed by atoms with E-state index in [4.69, 9.17) is 9.47 Å². The Bertz CT molecular complexity index is 2330. The molecule has 0 N–H and O–H groups in total. The van der Waals surface area contributed by atoms with Crippen molar-refractivity contribution in [2.45, 2.75) is 38.5 Å². The molecule has 8 rings (SSSR count). The zero-order valence-corrected chi connectivity index (χ0v) is 28.7. The summed E-state index contributed by atoms with van der Waals surface area (Å²) in [5.74, 6) is 2.97. The summed E-state index contributed by atoms with van der Waals surface area (Å²) >= 11 is 0. The molecule has 0 unspecified atom stereocenters. The number of aromatic nitrogens is 7. The second-order valence-electron chi connectivity index (χ2n) is 13.5. The van der Waals surface area contributed by atoms with Gasteiger partial charge in [-0.15, -0.1) is 20.4 Å². The zero-order valence-electron chi connectivity index (χ0n) is 28.7. The van der Waals surface area contributed by atoms with E-state index in [0.29, 0.717) is 17.7 Å². The van der Waals surface area contributed by atoms with Crippen LogP contribution in [-0.2, 0) is 10.8 Å². The van der Waals surface area contributed by atoms with Crippen LogP contribution in [0.25, 0.3) is 27.8 Å². The summed E-state index contributed by atoms with van der Waals surface area (Å²) in [6.07, 6.45) is 4.79. The van der Waals surface area contributed by atoms with E-state index in [1.165, 1.54) is 6.33 Å². The molecule has 9 heteroatoms. The largest absolute Gasteiger partial charge is 0.439 e. The number of hydrogen-bond acceptors (Lipinski definition) is 8. The molecular weight excluding hydrogens is 635 g/mol. The topological polar surface area (TPSA) is 101 Å². The maximum atomic E-state index is 6.09. The number of pyridine rings is 2. The highest BCUT2D eigenvalue weighted by molar-refractivity contribution is 6.09. The lowest BCUT2D eigenvalue weighted by atomic mass is 9.77. The molecule has 0 aliphatic heterocycles. The van der Waals surface area contributed by atoms with Crippen LogP contribution in [0.2, 0.25) is 0 Å². The molecular formula is C42H35N7O2. The van der Waals surface area contributed by atoms with Gasteiger partial charge < -0.3 is 9.47 Å². The van der Waals surface area contributed by atoms with Gasteiger partial charge in [-0.3, -0.25) is 4.57 Å². The summed E-state index contributed by atoms with van der Waals surface area (Å²) in [6.45, 7) is 8.87. The van der Waals surface area contributed by atoms with Crippen LogP contribution in [0.5, 0.6) is 23.3 Å². The van der Waals surface area contributed by atoms with Crippen molar-refractivity contribution in [2.24, 2.45) is 0 Å². The molecule has 0 spiro atoms. The molecule has 0 aliphatic carbocycles. The summed E-state index contributed by atoms with van der Waals surface area (Å²) in [7, 11) is 0. The number of benzene rings is 4. The molecule has 0 bridgehead atoms. The molecule has 250 valence electrons. The highest BCUT2D eigenvalue weighted by Gasteiger charge is 2.28. The maximum absolute atomic E-state index is 6.09. The van der Waals surface area contributed by atoms with Crippen LogP contribution in [0.15, 0.2) is 140 Å². The number of rotatable bonds is 9. The van der Waals surface area contributed by atoms with Gasteiger partial charge >= 0.3 is 0 Å². The molecule has 4 aromatic carbocycles. The van der Waals surface area contributed by atoms with E-state index < -0.39 is 0 Å². The van der Waals surface area contributed by atoms with Crippen molar-refractivity contribution in [3.05, 3.63) is 162 Å². The van der Waals surface area contributed by atoms with Gasteiger partial charge in [0.15, 0.2) is 6.33 Å². The molecule has 0 saturated carbocycles. The molecule has 0 amide bonds. The van der Waals surface area contributed by atoms with E-state index in [1.807, 2.05) is 60.7 Å². The first-order chi connectivity index (χ1) is 24.8. The van der Waals surface area contributed by atoms with Crippen molar-refractivity contribution in [1.29, 1.82) is 0 Å². The fourth-order valence-electron chi connectivity index (χ4n) is 6.59. The highest BCUT2D eigenvalue weighted by atomic mass is 16.5. The minimum atomic E-state index is -0.373. The minimum Gasteiger partial charge on any atom is -0.439 e. The molecule has 0 fully saturated rings. The lowest BCUT2D eigenvalue weighted by molar-refractivity contribution is 0.460. The summed E-state index contributed by atoms with van der Waals surface area (Å²) in [4.78, 5) is 8.64. The fraction of sp³-hybridized carbons (Fsp3) is 0.143. The van der Waals surface area contributed by atoms with Crippen molar-refractivity contribution in [3.8, 4) is 29.2 Å². The second-order valence-corrected chi connectivity index (χ2v) is 13.5. The average molecular weight is 670 g/mol. The molecule has 4 heterocycles. The number of fused-ring (bicyclic) bond motifs is 3. The minimum absolute atomic E-state index is 0.373.